The Morgan fingerprint density at radius 3 is 2.38 bits per heavy atom. The van der Waals surface area contributed by atoms with Crippen LogP contribution in [0.2, 0.25) is 0 Å². The maximum Gasteiger partial charge on any atom is 0.248 e. The van der Waals surface area contributed by atoms with Gasteiger partial charge in [0.1, 0.15) is 30.1 Å². The molecular formula is C34H47F2N7O4. The molecule has 13 heteroatoms. The molecule has 0 saturated heterocycles. The Bertz CT molecular complexity index is 1550. The van der Waals surface area contributed by atoms with Crippen molar-refractivity contribution in [2.75, 3.05) is 25.0 Å². The molecule has 3 aromatic rings. The van der Waals surface area contributed by atoms with Crippen molar-refractivity contribution in [2.45, 2.75) is 72.6 Å². The second-order valence-corrected chi connectivity index (χ2v) is 13.1. The van der Waals surface area contributed by atoms with Gasteiger partial charge in [-0.15, -0.1) is 0 Å². The summed E-state index contributed by atoms with van der Waals surface area (Å²) in [5.74, 6) is -2.39. The summed E-state index contributed by atoms with van der Waals surface area (Å²) in [6.07, 6.45) is 2.06. The van der Waals surface area contributed by atoms with Crippen LogP contribution in [0.1, 0.15) is 65.4 Å². The summed E-state index contributed by atoms with van der Waals surface area (Å²) >= 11 is 0. The summed E-state index contributed by atoms with van der Waals surface area (Å²) < 4.78 is 31.0. The molecule has 3 unspecified atom stereocenters. The van der Waals surface area contributed by atoms with Crippen molar-refractivity contribution in [3.63, 3.8) is 0 Å². The normalized spacial score (nSPS) is 13.6. The number of aliphatic hydroxyl groups excluding tert-OH is 1. The number of nitrogens with one attached hydrogen (secondary N) is 2. The maximum absolute atomic E-state index is 15.0. The molecule has 0 radical (unpaired) electrons. The van der Waals surface area contributed by atoms with Gasteiger partial charge < -0.3 is 36.7 Å². The number of anilines is 1. The van der Waals surface area contributed by atoms with E-state index in [4.69, 9.17) is 16.5 Å². The molecule has 3 amide bonds. The molecule has 47 heavy (non-hydrogen) atoms. The van der Waals surface area contributed by atoms with Crippen LogP contribution in [0.15, 0.2) is 48.7 Å². The number of nitrogens with two attached hydrogens (primary N) is 2. The average molecular weight is 656 g/mol. The van der Waals surface area contributed by atoms with E-state index in [9.17, 15) is 28.3 Å². The molecule has 0 aliphatic heterocycles. The highest BCUT2D eigenvalue weighted by Gasteiger charge is 2.38. The summed E-state index contributed by atoms with van der Waals surface area (Å²) in [7, 11) is 0. The zero-order valence-electron chi connectivity index (χ0n) is 27.9. The van der Waals surface area contributed by atoms with Gasteiger partial charge in [-0.05, 0) is 67.1 Å². The van der Waals surface area contributed by atoms with Crippen molar-refractivity contribution < 1.29 is 28.3 Å². The Labute approximate surface area is 274 Å². The molecule has 1 heterocycles. The van der Waals surface area contributed by atoms with Crippen LogP contribution in [-0.4, -0.2) is 69.1 Å². The number of carbonyl (C=O) groups excluding carboxylic acids is 3. The Hall–Kier alpha value is -4.20. The molecule has 0 bridgehead atoms. The third kappa shape index (κ3) is 9.66. The third-order valence-corrected chi connectivity index (χ3v) is 7.77. The first-order chi connectivity index (χ1) is 22.1. The highest BCUT2D eigenvalue weighted by Crippen LogP contribution is 2.39. The Morgan fingerprint density at radius 1 is 1.06 bits per heavy atom. The molecule has 3 rings (SSSR count). The minimum absolute atomic E-state index is 0.0473. The van der Waals surface area contributed by atoms with Gasteiger partial charge in [-0.3, -0.25) is 14.4 Å². The summed E-state index contributed by atoms with van der Waals surface area (Å²) in [5.41, 5.74) is 12.4. The fraction of sp³-hybridized carbons (Fsp3) is 0.471. The minimum atomic E-state index is -0.851. The van der Waals surface area contributed by atoms with Gasteiger partial charge in [0.15, 0.2) is 0 Å². The zero-order chi connectivity index (χ0) is 35.1. The molecule has 0 saturated carbocycles. The number of rotatable bonds is 14. The topological polar surface area (TPSA) is 169 Å². The number of halogens is 2. The summed E-state index contributed by atoms with van der Waals surface area (Å²) in [6, 6.07) is 7.84. The van der Waals surface area contributed by atoms with Gasteiger partial charge in [0.25, 0.3) is 0 Å². The van der Waals surface area contributed by atoms with Gasteiger partial charge in [-0.25, -0.2) is 13.8 Å². The number of carbonyl (C=O) groups is 3. The summed E-state index contributed by atoms with van der Waals surface area (Å²) in [5, 5.41) is 15.3. The highest BCUT2D eigenvalue weighted by atomic mass is 19.1. The number of hydrogen-bond donors (Lipinski definition) is 5. The first kappa shape index (κ1) is 37.3. The molecule has 0 spiro atoms. The molecule has 1 aromatic heterocycles. The second-order valence-electron chi connectivity index (χ2n) is 13.1. The van der Waals surface area contributed by atoms with Gasteiger partial charge in [-0.1, -0.05) is 46.8 Å². The van der Waals surface area contributed by atoms with E-state index in [0.717, 1.165) is 23.8 Å². The van der Waals surface area contributed by atoms with Crippen LogP contribution in [0.4, 0.5) is 14.5 Å². The quantitative estimate of drug-likeness (QED) is 0.177. The van der Waals surface area contributed by atoms with Crippen LogP contribution in [0.25, 0.3) is 11.3 Å². The molecule has 7 N–H and O–H groups in total. The fourth-order valence-corrected chi connectivity index (χ4v) is 5.22. The Morgan fingerprint density at radius 2 is 1.77 bits per heavy atom. The molecular weight excluding hydrogens is 608 g/mol. The Balaban J connectivity index is 2.04. The van der Waals surface area contributed by atoms with E-state index in [1.54, 1.807) is 35.9 Å². The van der Waals surface area contributed by atoms with Crippen LogP contribution in [-0.2, 0) is 20.9 Å². The largest absolute Gasteiger partial charge is 0.387 e. The lowest BCUT2D eigenvalue weighted by molar-refractivity contribution is -0.139. The lowest BCUT2D eigenvalue weighted by Gasteiger charge is -2.40. The van der Waals surface area contributed by atoms with E-state index in [0.29, 0.717) is 24.5 Å². The van der Waals surface area contributed by atoms with Crippen LogP contribution < -0.4 is 22.1 Å². The standard InChI is InChI=1S/C34H47F2N7O4/c1-20(2)29(38)33(47)39-21(3)32(46)40-24-10-7-9-22(15-24)17-42-18-27(25-16-23(35)11-12-26(25)36)41-31(42)30(34(4,5)6)43(14-8-13-37)28(45)19-44/h7,9-12,15-16,18,20-21,29-30,44H,8,13-14,17,19,37-38H2,1-6H3,(H,39,47)(H,40,46). The number of hydrogen-bond acceptors (Lipinski definition) is 7. The van der Waals surface area contributed by atoms with Crippen LogP contribution in [0.5, 0.6) is 0 Å². The highest BCUT2D eigenvalue weighted by molar-refractivity contribution is 5.97. The lowest BCUT2D eigenvalue weighted by atomic mass is 9.84. The zero-order valence-corrected chi connectivity index (χ0v) is 27.9. The predicted molar refractivity (Wildman–Crippen MR) is 177 cm³/mol. The van der Waals surface area contributed by atoms with E-state index in [1.807, 2.05) is 40.7 Å². The molecule has 0 aliphatic rings. The van der Waals surface area contributed by atoms with E-state index < -0.39 is 59.5 Å². The number of imidazole rings is 1. The third-order valence-electron chi connectivity index (χ3n) is 7.77. The average Bonchev–Trinajstić information content (AvgIpc) is 3.40. The lowest BCUT2D eigenvalue weighted by Crippen LogP contribution is -2.50. The molecule has 3 atom stereocenters. The van der Waals surface area contributed by atoms with Crippen molar-refractivity contribution in [1.29, 1.82) is 0 Å². The van der Waals surface area contributed by atoms with Crippen molar-refractivity contribution in [1.82, 2.24) is 19.8 Å². The molecule has 0 aliphatic carbocycles. The van der Waals surface area contributed by atoms with E-state index in [1.165, 1.54) is 4.90 Å². The number of benzene rings is 2. The van der Waals surface area contributed by atoms with Gasteiger partial charge in [-0.2, -0.15) is 0 Å². The SMILES string of the molecule is CC(NC(=O)C(N)C(C)C)C(=O)Nc1cccc(Cn2cc(-c3cc(F)ccc3F)nc2C(N(CCCN)C(=O)CO)C(C)(C)C)c1. The van der Waals surface area contributed by atoms with Crippen LogP contribution in [0.3, 0.4) is 0 Å². The minimum Gasteiger partial charge on any atom is -0.387 e. The molecule has 256 valence electrons. The summed E-state index contributed by atoms with van der Waals surface area (Å²) in [6.45, 7) is 11.0. The monoisotopic (exact) mass is 655 g/mol. The number of aromatic nitrogens is 2. The van der Waals surface area contributed by atoms with E-state index in [-0.39, 0.29) is 30.3 Å². The van der Waals surface area contributed by atoms with E-state index >= 15 is 0 Å². The first-order valence-corrected chi connectivity index (χ1v) is 15.7. The van der Waals surface area contributed by atoms with Gasteiger partial charge >= 0.3 is 0 Å². The second kappa shape index (κ2) is 16.1. The predicted octanol–water partition coefficient (Wildman–Crippen LogP) is 3.56. The van der Waals surface area contributed by atoms with Gasteiger partial charge in [0.2, 0.25) is 17.7 Å². The maximum atomic E-state index is 15.0. The first-order valence-electron chi connectivity index (χ1n) is 15.7. The molecule has 0 fully saturated rings. The van der Waals surface area contributed by atoms with Gasteiger partial charge in [0.05, 0.1) is 17.8 Å². The smallest absolute Gasteiger partial charge is 0.248 e. The molecule has 2 aromatic carbocycles. The number of aliphatic hydroxyl groups is 1. The number of amides is 3. The fourth-order valence-electron chi connectivity index (χ4n) is 5.22. The van der Waals surface area contributed by atoms with Crippen molar-refractivity contribution >= 4 is 23.4 Å². The van der Waals surface area contributed by atoms with Crippen molar-refractivity contribution in [3.8, 4) is 11.3 Å². The summed E-state index contributed by atoms with van der Waals surface area (Å²) in [4.78, 5) is 44.7. The van der Waals surface area contributed by atoms with Crippen molar-refractivity contribution in [3.05, 3.63) is 71.7 Å². The Kier molecular flexibility index (Phi) is 12.7. The van der Waals surface area contributed by atoms with Crippen molar-refractivity contribution in [2.24, 2.45) is 22.8 Å². The van der Waals surface area contributed by atoms with Crippen LogP contribution in [0, 0.1) is 23.0 Å². The number of nitrogens with zero attached hydrogens (tertiary/aromatic N) is 3. The van der Waals surface area contributed by atoms with E-state index in [2.05, 4.69) is 10.6 Å². The molecule has 11 nitrogen and oxygen atoms in total. The van der Waals surface area contributed by atoms with Crippen LogP contribution >= 0.6 is 0 Å². The van der Waals surface area contributed by atoms with Gasteiger partial charge in [0, 0.05) is 30.5 Å².